The molecule has 3 N–H and O–H groups in total. The number of hydrogen-bond acceptors (Lipinski definition) is 3. The Morgan fingerprint density at radius 1 is 1.75 bits per heavy atom. The average molecular weight is 170 g/mol. The van der Waals surface area contributed by atoms with Crippen LogP contribution in [0.15, 0.2) is 5.10 Å². The quantitative estimate of drug-likeness (QED) is 0.334. The van der Waals surface area contributed by atoms with Crippen LogP contribution in [0, 0.1) is 5.41 Å². The molecule has 0 unspecified atom stereocenters. The predicted octanol–water partition coefficient (Wildman–Crippen LogP) is -0.246. The first-order chi connectivity index (χ1) is 5.86. The Hall–Kier alpha value is -0.740. The van der Waals surface area contributed by atoms with E-state index in [-0.39, 0.29) is 0 Å². The monoisotopic (exact) mass is 170 g/mol. The van der Waals surface area contributed by atoms with E-state index in [4.69, 9.17) is 10.1 Å². The highest BCUT2D eigenvalue weighted by atomic mass is 16.5. The topological polar surface area (TPSA) is 62.0 Å². The molecule has 0 atom stereocenters. The zero-order chi connectivity index (χ0) is 8.81. The molecule has 0 radical (unpaired) electrons. The summed E-state index contributed by atoms with van der Waals surface area (Å²) in [5.41, 5.74) is 2.77. The molecule has 1 rings (SSSR count). The molecule has 1 heterocycles. The number of nitrogens with two attached hydrogens (primary N) is 1. The fraction of sp³-hybridized carbons (Fsp3) is 0.750. The van der Waals surface area contributed by atoms with E-state index in [1.165, 1.54) is 6.21 Å². The summed E-state index contributed by atoms with van der Waals surface area (Å²) >= 11 is 0. The molecular weight excluding hydrogens is 154 g/mol. The Morgan fingerprint density at radius 3 is 2.92 bits per heavy atom. The fourth-order valence-corrected chi connectivity index (χ4v) is 0.971. The third-order valence-electron chi connectivity index (χ3n) is 1.79. The number of hydrogen-bond donors (Lipinski definition) is 2. The fourth-order valence-electron chi connectivity index (χ4n) is 0.971. The lowest BCUT2D eigenvalue weighted by molar-refractivity contribution is -0.713. The first-order valence-corrected chi connectivity index (χ1v) is 4.35. The second kappa shape index (κ2) is 5.00. The Morgan fingerprint density at radius 2 is 2.50 bits per heavy atom. The van der Waals surface area contributed by atoms with Crippen molar-refractivity contribution >= 4 is 11.9 Å². The van der Waals surface area contributed by atoms with E-state index in [0.29, 0.717) is 6.04 Å². The molecular formula is C8H16N3O+. The lowest BCUT2D eigenvalue weighted by Crippen LogP contribution is -2.90. The number of nitrogens with zero attached hydrogens (tertiary/aromatic N) is 1. The SMILES string of the molecule is CCC/C(C=N)=N/[NH2+]C1COC1. The highest BCUT2D eigenvalue weighted by Gasteiger charge is 2.21. The van der Waals surface area contributed by atoms with Crippen molar-refractivity contribution < 1.29 is 10.2 Å². The lowest BCUT2D eigenvalue weighted by Gasteiger charge is -2.20. The second-order valence-corrected chi connectivity index (χ2v) is 2.96. The van der Waals surface area contributed by atoms with Crippen LogP contribution in [0.25, 0.3) is 0 Å². The van der Waals surface area contributed by atoms with E-state index < -0.39 is 0 Å². The molecule has 68 valence electrons. The van der Waals surface area contributed by atoms with Crippen LogP contribution < -0.4 is 5.43 Å². The second-order valence-electron chi connectivity index (χ2n) is 2.96. The van der Waals surface area contributed by atoms with Gasteiger partial charge in [0, 0.05) is 6.21 Å². The summed E-state index contributed by atoms with van der Waals surface area (Å²) in [6, 6.07) is 0.483. The van der Waals surface area contributed by atoms with Crippen molar-refractivity contribution in [3.63, 3.8) is 0 Å². The average Bonchev–Trinajstić information content (AvgIpc) is 2.00. The van der Waals surface area contributed by atoms with Gasteiger partial charge in [0.05, 0.1) is 0 Å². The summed E-state index contributed by atoms with van der Waals surface area (Å²) in [6.07, 6.45) is 3.27. The number of rotatable bonds is 5. The van der Waals surface area contributed by atoms with Gasteiger partial charge in [-0.2, -0.15) is 0 Å². The van der Waals surface area contributed by atoms with Crippen LogP contribution in [0.2, 0.25) is 0 Å². The van der Waals surface area contributed by atoms with Crippen LogP contribution in [0.3, 0.4) is 0 Å². The summed E-state index contributed by atoms with van der Waals surface area (Å²) in [5.74, 6) is 0. The van der Waals surface area contributed by atoms with Gasteiger partial charge in [0.2, 0.25) is 0 Å². The predicted molar refractivity (Wildman–Crippen MR) is 47.7 cm³/mol. The maximum absolute atomic E-state index is 7.08. The Bertz CT molecular complexity index is 175. The number of quaternary nitrogens is 1. The van der Waals surface area contributed by atoms with Crippen molar-refractivity contribution in [2.24, 2.45) is 5.10 Å². The zero-order valence-electron chi connectivity index (χ0n) is 7.42. The largest absolute Gasteiger partial charge is 0.369 e. The molecule has 1 aliphatic heterocycles. The van der Waals surface area contributed by atoms with Gasteiger partial charge in [-0.25, -0.2) is 5.43 Å². The molecule has 1 aliphatic rings. The maximum atomic E-state index is 7.08. The minimum Gasteiger partial charge on any atom is -0.369 e. The Labute approximate surface area is 72.5 Å². The number of nitrogens with one attached hydrogen (secondary N) is 1. The summed E-state index contributed by atoms with van der Waals surface area (Å²) in [7, 11) is 0. The van der Waals surface area contributed by atoms with Crippen molar-refractivity contribution in [3.05, 3.63) is 0 Å². The molecule has 0 bridgehead atoms. The van der Waals surface area contributed by atoms with Gasteiger partial charge < -0.3 is 10.1 Å². The highest BCUT2D eigenvalue weighted by molar-refractivity contribution is 6.29. The van der Waals surface area contributed by atoms with Crippen molar-refractivity contribution in [2.75, 3.05) is 13.2 Å². The summed E-state index contributed by atoms with van der Waals surface area (Å²) in [4.78, 5) is 0. The van der Waals surface area contributed by atoms with E-state index in [1.807, 2.05) is 5.43 Å². The molecule has 0 aromatic carbocycles. The molecule has 4 heteroatoms. The van der Waals surface area contributed by atoms with Crippen molar-refractivity contribution in [1.82, 2.24) is 0 Å². The van der Waals surface area contributed by atoms with E-state index in [1.54, 1.807) is 0 Å². The van der Waals surface area contributed by atoms with Crippen molar-refractivity contribution in [2.45, 2.75) is 25.8 Å². The lowest BCUT2D eigenvalue weighted by atomic mass is 10.2. The van der Waals surface area contributed by atoms with Gasteiger partial charge in [-0.15, -0.1) is 0 Å². The molecule has 0 aliphatic carbocycles. The van der Waals surface area contributed by atoms with Crippen LogP contribution in [-0.4, -0.2) is 31.2 Å². The van der Waals surface area contributed by atoms with Gasteiger partial charge in [-0.05, 0) is 6.42 Å². The van der Waals surface area contributed by atoms with Crippen molar-refractivity contribution in [3.8, 4) is 0 Å². The van der Waals surface area contributed by atoms with Crippen LogP contribution in [0.4, 0.5) is 0 Å². The van der Waals surface area contributed by atoms with E-state index in [0.717, 1.165) is 31.8 Å². The van der Waals surface area contributed by atoms with E-state index in [2.05, 4.69) is 12.0 Å². The van der Waals surface area contributed by atoms with Gasteiger partial charge >= 0.3 is 0 Å². The van der Waals surface area contributed by atoms with E-state index in [9.17, 15) is 0 Å². The van der Waals surface area contributed by atoms with Gasteiger partial charge in [-0.1, -0.05) is 18.4 Å². The molecule has 0 saturated carbocycles. The zero-order valence-corrected chi connectivity index (χ0v) is 7.42. The molecule has 12 heavy (non-hydrogen) atoms. The molecule has 0 aromatic rings. The minimum atomic E-state index is 0.483. The van der Waals surface area contributed by atoms with Crippen LogP contribution >= 0.6 is 0 Å². The van der Waals surface area contributed by atoms with Crippen LogP contribution in [0.1, 0.15) is 19.8 Å². The Kier molecular flexibility index (Phi) is 3.90. The third-order valence-corrected chi connectivity index (χ3v) is 1.79. The standard InChI is InChI=1S/C8H15N3O/c1-2-3-7(4-9)10-11-8-5-12-6-8/h4,8-9,11H,2-3,5-6H2,1H3/p+1/b9-4?,10-7-. The first kappa shape index (κ1) is 9.35. The minimum absolute atomic E-state index is 0.483. The van der Waals surface area contributed by atoms with Crippen LogP contribution in [-0.2, 0) is 4.74 Å². The molecule has 1 fully saturated rings. The molecule has 0 amide bonds. The molecule has 4 nitrogen and oxygen atoms in total. The van der Waals surface area contributed by atoms with E-state index >= 15 is 0 Å². The van der Waals surface area contributed by atoms with Crippen molar-refractivity contribution in [1.29, 1.82) is 5.41 Å². The maximum Gasteiger partial charge on any atom is 0.157 e. The van der Waals surface area contributed by atoms with Gasteiger partial charge in [-0.3, -0.25) is 0 Å². The Balaban J connectivity index is 2.24. The highest BCUT2D eigenvalue weighted by Crippen LogP contribution is 1.93. The molecule has 0 spiro atoms. The normalized spacial score (nSPS) is 18.9. The van der Waals surface area contributed by atoms with Crippen LogP contribution in [0.5, 0.6) is 0 Å². The summed E-state index contributed by atoms with van der Waals surface area (Å²) < 4.78 is 5.00. The van der Waals surface area contributed by atoms with Gasteiger partial charge in [0.15, 0.2) is 6.04 Å². The number of ether oxygens (including phenoxy) is 1. The first-order valence-electron chi connectivity index (χ1n) is 4.35. The summed E-state index contributed by atoms with van der Waals surface area (Å²) in [5, 5.41) is 11.3. The summed E-state index contributed by atoms with van der Waals surface area (Å²) in [6.45, 7) is 3.67. The smallest absolute Gasteiger partial charge is 0.157 e. The molecule has 1 saturated heterocycles. The molecule has 0 aromatic heterocycles. The van der Waals surface area contributed by atoms with Gasteiger partial charge in [0.1, 0.15) is 18.9 Å². The van der Waals surface area contributed by atoms with Gasteiger partial charge in [0.25, 0.3) is 0 Å². The third kappa shape index (κ3) is 2.71.